The number of carbonyl (C=O) groups is 1. The molecule has 0 spiro atoms. The molecule has 2 atom stereocenters. The minimum Gasteiger partial charge on any atom is -0.381 e. The van der Waals surface area contributed by atoms with Crippen LogP contribution in [0.2, 0.25) is 0 Å². The van der Waals surface area contributed by atoms with Gasteiger partial charge in [0, 0.05) is 42.6 Å². The van der Waals surface area contributed by atoms with Gasteiger partial charge in [-0.15, -0.1) is 0 Å². The molecule has 0 saturated carbocycles. The summed E-state index contributed by atoms with van der Waals surface area (Å²) in [5.74, 6) is 0.888. The topological polar surface area (TPSA) is 84.6 Å². The minimum atomic E-state index is 0. The number of carbonyl (C=O) groups excluding carboxylic acids is 1. The fourth-order valence-electron chi connectivity index (χ4n) is 3.75. The molecule has 0 bridgehead atoms. The number of ether oxygens (including phenoxy) is 1. The van der Waals surface area contributed by atoms with E-state index in [4.69, 9.17) is 9.53 Å². The molecule has 0 amide bonds. The molecule has 7 heteroatoms. The molecule has 0 saturated heterocycles. The number of methoxy groups -OCH3 is 1. The SMILES string of the molecule is C.C=C(/C=C\C=C/C)/C(=C/C)N=CC(C)c1cnn2c1ncc1cc[nH]c12.C=O.CCC(CCC(C)C)OC. The van der Waals surface area contributed by atoms with E-state index in [-0.39, 0.29) is 13.3 Å². The van der Waals surface area contributed by atoms with E-state index < -0.39 is 0 Å². The summed E-state index contributed by atoms with van der Waals surface area (Å²) in [7, 11) is 1.80. The van der Waals surface area contributed by atoms with E-state index in [1.165, 1.54) is 12.8 Å². The van der Waals surface area contributed by atoms with Crippen molar-refractivity contribution in [2.75, 3.05) is 7.11 Å². The van der Waals surface area contributed by atoms with E-state index in [1.54, 1.807) is 7.11 Å². The maximum absolute atomic E-state index is 8.00. The first-order valence-electron chi connectivity index (χ1n) is 13.2. The number of H-pyrrole nitrogens is 1. The van der Waals surface area contributed by atoms with Gasteiger partial charge in [-0.25, -0.2) is 4.98 Å². The Morgan fingerprint density at radius 2 is 1.90 bits per heavy atom. The lowest BCUT2D eigenvalue weighted by Gasteiger charge is -2.13. The molecule has 0 aliphatic heterocycles. The van der Waals surface area contributed by atoms with E-state index in [2.05, 4.69) is 54.3 Å². The summed E-state index contributed by atoms with van der Waals surface area (Å²) in [6.07, 6.45) is 21.5. The van der Waals surface area contributed by atoms with Crippen molar-refractivity contribution in [2.45, 2.75) is 80.3 Å². The number of hydrogen-bond donors (Lipinski definition) is 1. The van der Waals surface area contributed by atoms with Gasteiger partial charge in [-0.1, -0.05) is 72.1 Å². The predicted octanol–water partition coefficient (Wildman–Crippen LogP) is 8.28. The van der Waals surface area contributed by atoms with E-state index in [0.29, 0.717) is 6.10 Å². The molecule has 3 rings (SSSR count). The van der Waals surface area contributed by atoms with E-state index in [1.807, 2.05) is 86.4 Å². The Balaban J connectivity index is 0.000000947. The van der Waals surface area contributed by atoms with Gasteiger partial charge >= 0.3 is 0 Å². The summed E-state index contributed by atoms with van der Waals surface area (Å²) in [6, 6.07) is 1.99. The van der Waals surface area contributed by atoms with E-state index >= 15 is 0 Å². The third-order valence-corrected chi connectivity index (χ3v) is 6.05. The molecule has 214 valence electrons. The number of aromatic nitrogens is 4. The summed E-state index contributed by atoms with van der Waals surface area (Å²) in [6.45, 7) is 18.8. The highest BCUT2D eigenvalue weighted by atomic mass is 16.5. The molecule has 0 aliphatic rings. The minimum absolute atomic E-state index is 0. The van der Waals surface area contributed by atoms with Crippen molar-refractivity contribution in [2.24, 2.45) is 10.9 Å². The van der Waals surface area contributed by atoms with Gasteiger partial charge in [0.1, 0.15) is 12.4 Å². The van der Waals surface area contributed by atoms with Gasteiger partial charge in [0.25, 0.3) is 0 Å². The van der Waals surface area contributed by atoms with Gasteiger partial charge in [-0.3, -0.25) is 4.99 Å². The lowest BCUT2D eigenvalue weighted by molar-refractivity contribution is -0.0980. The second kappa shape index (κ2) is 19.5. The van der Waals surface area contributed by atoms with Crippen LogP contribution in [-0.4, -0.2) is 45.8 Å². The van der Waals surface area contributed by atoms with Crippen molar-refractivity contribution in [3.05, 3.63) is 78.4 Å². The number of rotatable bonds is 11. The van der Waals surface area contributed by atoms with Crippen LogP contribution in [0.5, 0.6) is 0 Å². The molecule has 0 fully saturated rings. The Hall–Kier alpha value is -3.58. The van der Waals surface area contributed by atoms with Crippen molar-refractivity contribution in [1.29, 1.82) is 0 Å². The van der Waals surface area contributed by atoms with Crippen LogP contribution in [0.3, 0.4) is 0 Å². The Labute approximate surface area is 235 Å². The zero-order valence-electron chi connectivity index (χ0n) is 24.1. The van der Waals surface area contributed by atoms with Gasteiger partial charge < -0.3 is 14.5 Å². The van der Waals surface area contributed by atoms with Crippen LogP contribution in [0.1, 0.15) is 79.7 Å². The van der Waals surface area contributed by atoms with Crippen LogP contribution >= 0.6 is 0 Å². The van der Waals surface area contributed by atoms with Crippen LogP contribution in [0.15, 0.2) is 77.9 Å². The lowest BCUT2D eigenvalue weighted by atomic mass is 10.0. The first-order chi connectivity index (χ1) is 18.4. The molecule has 2 unspecified atom stereocenters. The third kappa shape index (κ3) is 11.0. The first-order valence-corrected chi connectivity index (χ1v) is 13.2. The number of nitrogens with zero attached hydrogens (tertiary/aromatic N) is 4. The first kappa shape index (κ1) is 35.4. The number of allylic oxidation sites excluding steroid dienone is 5. The van der Waals surface area contributed by atoms with Crippen molar-refractivity contribution in [1.82, 2.24) is 19.6 Å². The van der Waals surface area contributed by atoms with Gasteiger partial charge in [0.15, 0.2) is 5.65 Å². The van der Waals surface area contributed by atoms with Crippen molar-refractivity contribution >= 4 is 29.7 Å². The smallest absolute Gasteiger partial charge is 0.161 e. The van der Waals surface area contributed by atoms with Gasteiger partial charge in [-0.2, -0.15) is 9.61 Å². The molecule has 0 radical (unpaired) electrons. The largest absolute Gasteiger partial charge is 0.381 e. The molecular weight excluding hydrogens is 486 g/mol. The van der Waals surface area contributed by atoms with E-state index in [9.17, 15) is 0 Å². The molecule has 3 aromatic heterocycles. The Kier molecular flexibility index (Phi) is 17.7. The Morgan fingerprint density at radius 3 is 2.49 bits per heavy atom. The fourth-order valence-corrected chi connectivity index (χ4v) is 3.75. The van der Waals surface area contributed by atoms with Crippen molar-refractivity contribution in [3.8, 4) is 0 Å². The molecule has 0 aliphatic carbocycles. The molecule has 1 N–H and O–H groups in total. The highest BCUT2D eigenvalue weighted by Crippen LogP contribution is 2.22. The number of aliphatic imine (C=N–C) groups is 1. The normalized spacial score (nSPS) is 13.4. The number of hydrogen-bond acceptors (Lipinski definition) is 5. The van der Waals surface area contributed by atoms with Crippen LogP contribution in [0, 0.1) is 5.92 Å². The lowest BCUT2D eigenvalue weighted by Crippen LogP contribution is -2.09. The molecule has 0 aromatic carbocycles. The van der Waals surface area contributed by atoms with Crippen LogP contribution in [0.25, 0.3) is 16.7 Å². The van der Waals surface area contributed by atoms with Crippen molar-refractivity contribution in [3.63, 3.8) is 0 Å². The molecular formula is C32H49N5O2. The summed E-state index contributed by atoms with van der Waals surface area (Å²) >= 11 is 0. The Bertz CT molecular complexity index is 1230. The zero-order chi connectivity index (χ0) is 28.5. The highest BCUT2D eigenvalue weighted by molar-refractivity contribution is 5.79. The molecule has 39 heavy (non-hydrogen) atoms. The molecule has 3 aromatic rings. The number of fused-ring (bicyclic) bond motifs is 3. The summed E-state index contributed by atoms with van der Waals surface area (Å²) < 4.78 is 7.09. The van der Waals surface area contributed by atoms with Gasteiger partial charge in [-0.05, 0) is 50.7 Å². The van der Waals surface area contributed by atoms with Gasteiger partial charge in [0.05, 0.1) is 18.0 Å². The quantitative estimate of drug-likeness (QED) is 0.198. The summed E-state index contributed by atoms with van der Waals surface area (Å²) in [5, 5.41) is 5.52. The molecule has 3 heterocycles. The number of aromatic amines is 1. The maximum atomic E-state index is 8.00. The van der Waals surface area contributed by atoms with Crippen molar-refractivity contribution < 1.29 is 9.53 Å². The maximum Gasteiger partial charge on any atom is 0.161 e. The summed E-state index contributed by atoms with van der Waals surface area (Å²) in [5.41, 5.74) is 4.56. The van der Waals surface area contributed by atoms with Gasteiger partial charge in [0.2, 0.25) is 0 Å². The van der Waals surface area contributed by atoms with Crippen LogP contribution in [-0.2, 0) is 9.53 Å². The second-order valence-electron chi connectivity index (χ2n) is 9.26. The zero-order valence-corrected chi connectivity index (χ0v) is 24.1. The number of nitrogens with one attached hydrogen (secondary N) is 1. The third-order valence-electron chi connectivity index (χ3n) is 6.05. The fraction of sp³-hybridized carbons (Fsp3) is 0.438. The van der Waals surface area contributed by atoms with Crippen LogP contribution in [0.4, 0.5) is 0 Å². The predicted molar refractivity (Wildman–Crippen MR) is 168 cm³/mol. The van der Waals surface area contributed by atoms with Crippen LogP contribution < -0.4 is 0 Å². The Morgan fingerprint density at radius 1 is 1.18 bits per heavy atom. The standard InChI is InChI=1S/C21H23N5.C9H20O.CH2O.CH4/c1-5-7-8-9-15(3)19(6-2)23-12-16(4)18-14-25-26-20-17(10-11-22-20)13-24-21(18)26;1-5-9(10-4)7-6-8(2)3;1-2;/h5-14,16,22H,3H2,1-2,4H3;8-9H,5-7H2,1-4H3;1H2;1H4/b7-5-,9-8-,19-6-,23-12?;;;. The summed E-state index contributed by atoms with van der Waals surface area (Å²) in [4.78, 5) is 20.4. The average Bonchev–Trinajstić information content (AvgIpc) is 3.58. The highest BCUT2D eigenvalue weighted by Gasteiger charge is 2.14. The molecule has 7 nitrogen and oxygen atoms in total. The average molecular weight is 536 g/mol. The van der Waals surface area contributed by atoms with E-state index in [0.717, 1.165) is 45.9 Å². The monoisotopic (exact) mass is 535 g/mol. The second-order valence-corrected chi connectivity index (χ2v) is 9.26.